The first-order chi connectivity index (χ1) is 15.6. The molecule has 2 fully saturated rings. The van der Waals surface area contributed by atoms with Crippen LogP contribution in [0.15, 0.2) is 28.8 Å². The fourth-order valence-electron chi connectivity index (χ4n) is 4.54. The highest BCUT2D eigenvalue weighted by molar-refractivity contribution is 6.07. The maximum atomic E-state index is 12.9. The van der Waals surface area contributed by atoms with Crippen LogP contribution in [-0.2, 0) is 34.0 Å². The van der Waals surface area contributed by atoms with Gasteiger partial charge in [0.05, 0.1) is 37.9 Å². The van der Waals surface area contributed by atoms with Crippen molar-refractivity contribution in [3.63, 3.8) is 0 Å². The number of amides is 1. The fourth-order valence-corrected chi connectivity index (χ4v) is 4.54. The number of Topliss-reactive ketones (excluding diaryl/α,β-unsaturated/α-hetero) is 2. The van der Waals surface area contributed by atoms with E-state index in [0.717, 1.165) is 37.6 Å². The molecule has 1 atom stereocenters. The molecular formula is C23H25N3O6. The van der Waals surface area contributed by atoms with Gasteiger partial charge in [0.15, 0.2) is 11.5 Å². The van der Waals surface area contributed by atoms with Gasteiger partial charge in [-0.05, 0) is 18.6 Å². The molecule has 1 amide bonds. The molecule has 0 unspecified atom stereocenters. The molecule has 0 spiro atoms. The standard InChI is InChI=1S/C23H25N3O6/c27-16-4-5-20(21(28)11-16)26-13-19-18(23(26)29)2-1-3-22(19)31-14-17-10-15(24-32-17)12-25-6-8-30-9-7-25/h1-3,10,20H,4-9,11-14H2/t20-/m1/s1. The lowest BCUT2D eigenvalue weighted by Gasteiger charge is -2.29. The summed E-state index contributed by atoms with van der Waals surface area (Å²) >= 11 is 0. The van der Waals surface area contributed by atoms with Crippen molar-refractivity contribution in [2.75, 3.05) is 26.3 Å². The van der Waals surface area contributed by atoms with Gasteiger partial charge in [-0.3, -0.25) is 19.3 Å². The average molecular weight is 439 g/mol. The van der Waals surface area contributed by atoms with E-state index in [9.17, 15) is 14.4 Å². The third kappa shape index (κ3) is 4.18. The van der Waals surface area contributed by atoms with E-state index in [-0.39, 0.29) is 30.5 Å². The molecule has 5 rings (SSSR count). The molecule has 1 aliphatic carbocycles. The third-order valence-corrected chi connectivity index (χ3v) is 6.24. The van der Waals surface area contributed by atoms with Gasteiger partial charge in [-0.2, -0.15) is 0 Å². The number of fused-ring (bicyclic) bond motifs is 1. The molecule has 1 saturated carbocycles. The molecule has 32 heavy (non-hydrogen) atoms. The molecule has 2 aliphatic heterocycles. The second-order valence-corrected chi connectivity index (χ2v) is 8.41. The number of hydrogen-bond donors (Lipinski definition) is 0. The number of benzene rings is 1. The van der Waals surface area contributed by atoms with E-state index in [2.05, 4.69) is 10.1 Å². The van der Waals surface area contributed by atoms with Crippen LogP contribution in [-0.4, -0.2) is 64.8 Å². The Hall–Kier alpha value is -3.04. The number of morpholine rings is 1. The van der Waals surface area contributed by atoms with Gasteiger partial charge in [-0.1, -0.05) is 11.2 Å². The Labute approximate surface area is 185 Å². The van der Waals surface area contributed by atoms with Gasteiger partial charge in [0.2, 0.25) is 0 Å². The highest BCUT2D eigenvalue weighted by atomic mass is 16.5. The topological polar surface area (TPSA) is 102 Å². The van der Waals surface area contributed by atoms with Crippen LogP contribution in [0.2, 0.25) is 0 Å². The molecular weight excluding hydrogens is 414 g/mol. The number of ketones is 2. The SMILES string of the molecule is O=C1CC[C@@H](N2Cc3c(OCc4cc(CN5CCOCC5)no4)cccc3C2=O)C(=O)C1. The summed E-state index contributed by atoms with van der Waals surface area (Å²) in [4.78, 5) is 40.7. The molecule has 9 heteroatoms. The molecule has 3 heterocycles. The van der Waals surface area contributed by atoms with E-state index in [4.69, 9.17) is 14.0 Å². The third-order valence-electron chi connectivity index (χ3n) is 6.24. The first kappa shape index (κ1) is 20.8. The summed E-state index contributed by atoms with van der Waals surface area (Å²) in [7, 11) is 0. The van der Waals surface area contributed by atoms with Crippen molar-refractivity contribution in [2.24, 2.45) is 0 Å². The molecule has 0 bridgehead atoms. The summed E-state index contributed by atoms with van der Waals surface area (Å²) in [6.45, 7) is 4.39. The zero-order valence-electron chi connectivity index (χ0n) is 17.7. The van der Waals surface area contributed by atoms with Gasteiger partial charge < -0.3 is 18.9 Å². The minimum absolute atomic E-state index is 0.0560. The maximum Gasteiger partial charge on any atom is 0.255 e. The molecule has 1 aromatic heterocycles. The minimum Gasteiger partial charge on any atom is -0.485 e. The van der Waals surface area contributed by atoms with Crippen LogP contribution in [0, 0.1) is 0 Å². The summed E-state index contributed by atoms with van der Waals surface area (Å²) in [5, 5.41) is 4.13. The molecule has 0 N–H and O–H groups in total. The number of hydrogen-bond acceptors (Lipinski definition) is 8. The van der Waals surface area contributed by atoms with E-state index in [0.29, 0.717) is 43.0 Å². The molecule has 3 aliphatic rings. The Morgan fingerprint density at radius 3 is 2.81 bits per heavy atom. The van der Waals surface area contributed by atoms with Crippen LogP contribution in [0.3, 0.4) is 0 Å². The normalized spacial score (nSPS) is 21.8. The van der Waals surface area contributed by atoms with Crippen LogP contribution in [0.1, 0.15) is 46.6 Å². The van der Waals surface area contributed by atoms with Crippen LogP contribution in [0.5, 0.6) is 5.75 Å². The van der Waals surface area contributed by atoms with Crippen LogP contribution in [0.4, 0.5) is 0 Å². The number of carbonyl (C=O) groups excluding carboxylic acids is 3. The molecule has 1 saturated heterocycles. The Bertz CT molecular complexity index is 1040. The van der Waals surface area contributed by atoms with Crippen molar-refractivity contribution in [2.45, 2.75) is 45.0 Å². The predicted octanol–water partition coefficient (Wildman–Crippen LogP) is 1.73. The summed E-state index contributed by atoms with van der Waals surface area (Å²) in [5.41, 5.74) is 2.14. The molecule has 0 radical (unpaired) electrons. The van der Waals surface area contributed by atoms with Crippen molar-refractivity contribution in [1.29, 1.82) is 0 Å². The fraction of sp³-hybridized carbons (Fsp3) is 0.478. The summed E-state index contributed by atoms with van der Waals surface area (Å²) in [6.07, 6.45) is 0.627. The first-order valence-electron chi connectivity index (χ1n) is 10.9. The van der Waals surface area contributed by atoms with Crippen LogP contribution < -0.4 is 4.74 Å². The van der Waals surface area contributed by atoms with E-state index < -0.39 is 6.04 Å². The molecule has 168 valence electrons. The highest BCUT2D eigenvalue weighted by Gasteiger charge is 2.40. The van der Waals surface area contributed by atoms with Crippen molar-refractivity contribution in [1.82, 2.24) is 15.0 Å². The monoisotopic (exact) mass is 439 g/mol. The van der Waals surface area contributed by atoms with Gasteiger partial charge in [-0.25, -0.2) is 0 Å². The van der Waals surface area contributed by atoms with Gasteiger partial charge >= 0.3 is 0 Å². The minimum atomic E-state index is -0.544. The Morgan fingerprint density at radius 1 is 1.16 bits per heavy atom. The maximum absolute atomic E-state index is 12.9. The smallest absolute Gasteiger partial charge is 0.255 e. The van der Waals surface area contributed by atoms with Crippen molar-refractivity contribution < 1.29 is 28.4 Å². The van der Waals surface area contributed by atoms with Crippen LogP contribution in [0.25, 0.3) is 0 Å². The summed E-state index contributed by atoms with van der Waals surface area (Å²) < 4.78 is 16.8. The molecule has 9 nitrogen and oxygen atoms in total. The Balaban J connectivity index is 1.24. The van der Waals surface area contributed by atoms with Gasteiger partial charge in [0.25, 0.3) is 5.91 Å². The quantitative estimate of drug-likeness (QED) is 0.627. The lowest BCUT2D eigenvalue weighted by molar-refractivity contribution is -0.133. The average Bonchev–Trinajstić information content (AvgIpc) is 3.38. The van der Waals surface area contributed by atoms with Gasteiger partial charge in [0, 0.05) is 43.2 Å². The second kappa shape index (κ2) is 8.84. The van der Waals surface area contributed by atoms with Crippen molar-refractivity contribution in [3.8, 4) is 5.75 Å². The van der Waals surface area contributed by atoms with Crippen molar-refractivity contribution >= 4 is 17.5 Å². The second-order valence-electron chi connectivity index (χ2n) is 8.41. The Morgan fingerprint density at radius 2 is 2.00 bits per heavy atom. The number of ether oxygens (including phenoxy) is 2. The molecule has 1 aromatic carbocycles. The summed E-state index contributed by atoms with van der Waals surface area (Å²) in [5.74, 6) is 0.765. The number of rotatable bonds is 6. The Kier molecular flexibility index (Phi) is 5.75. The molecule has 2 aromatic rings. The van der Waals surface area contributed by atoms with E-state index in [1.54, 1.807) is 17.0 Å². The van der Waals surface area contributed by atoms with Crippen LogP contribution >= 0.6 is 0 Å². The summed E-state index contributed by atoms with van der Waals surface area (Å²) in [6, 6.07) is 6.67. The van der Waals surface area contributed by atoms with E-state index >= 15 is 0 Å². The highest BCUT2D eigenvalue weighted by Crippen LogP contribution is 2.34. The zero-order valence-corrected chi connectivity index (χ0v) is 17.7. The number of carbonyl (C=O) groups is 3. The van der Waals surface area contributed by atoms with Crippen molar-refractivity contribution in [3.05, 3.63) is 46.8 Å². The number of aromatic nitrogens is 1. The zero-order chi connectivity index (χ0) is 22.1. The predicted molar refractivity (Wildman–Crippen MR) is 111 cm³/mol. The lowest BCUT2D eigenvalue weighted by Crippen LogP contribution is -2.44. The first-order valence-corrected chi connectivity index (χ1v) is 10.9. The van der Waals surface area contributed by atoms with Gasteiger partial charge in [0.1, 0.15) is 18.1 Å². The van der Waals surface area contributed by atoms with Gasteiger partial charge in [-0.15, -0.1) is 0 Å². The van der Waals surface area contributed by atoms with E-state index in [1.165, 1.54) is 0 Å². The largest absolute Gasteiger partial charge is 0.485 e. The lowest BCUT2D eigenvalue weighted by atomic mass is 9.92. The van der Waals surface area contributed by atoms with E-state index in [1.807, 2.05) is 12.1 Å². The number of nitrogens with zero attached hydrogens (tertiary/aromatic N) is 3.